The van der Waals surface area contributed by atoms with Crippen LogP contribution in [-0.4, -0.2) is 26.8 Å². The first-order chi connectivity index (χ1) is 14.6. The molecule has 0 atom stereocenters. The predicted molar refractivity (Wildman–Crippen MR) is 107 cm³/mol. The van der Waals surface area contributed by atoms with E-state index >= 15 is 0 Å². The van der Waals surface area contributed by atoms with Crippen molar-refractivity contribution in [2.75, 3.05) is 6.61 Å². The molecule has 0 aliphatic heterocycles. The lowest BCUT2D eigenvalue weighted by molar-refractivity contribution is -0.141. The number of hydrogen-bond acceptors (Lipinski definition) is 4. The van der Waals surface area contributed by atoms with Gasteiger partial charge in [-0.2, -0.15) is 13.2 Å². The maximum Gasteiger partial charge on any atom is 0.433 e. The van der Waals surface area contributed by atoms with Crippen LogP contribution in [0.5, 0.6) is 5.75 Å². The zero-order chi connectivity index (χ0) is 22.0. The molecule has 0 N–H and O–H groups in total. The molecular weight excluding hydrogens is 407 g/mol. The molecule has 3 aliphatic rings. The van der Waals surface area contributed by atoms with Gasteiger partial charge in [-0.15, -0.1) is 0 Å². The Kier molecular flexibility index (Phi) is 4.23. The Morgan fingerprint density at radius 1 is 1.19 bits per heavy atom. The molecule has 31 heavy (non-hydrogen) atoms. The highest BCUT2D eigenvalue weighted by molar-refractivity contribution is 5.96. The van der Waals surface area contributed by atoms with E-state index in [-0.39, 0.29) is 17.5 Å². The normalized spacial score (nSPS) is 24.5. The van der Waals surface area contributed by atoms with Gasteiger partial charge in [-0.3, -0.25) is 4.79 Å². The summed E-state index contributed by atoms with van der Waals surface area (Å²) >= 11 is 0. The van der Waals surface area contributed by atoms with Gasteiger partial charge in [-0.25, -0.2) is 9.97 Å². The van der Waals surface area contributed by atoms with Crippen LogP contribution in [0.25, 0.3) is 5.65 Å². The van der Waals surface area contributed by atoms with Gasteiger partial charge < -0.3 is 9.14 Å². The first-order valence-electron chi connectivity index (χ1n) is 10.3. The van der Waals surface area contributed by atoms with Crippen LogP contribution in [0.2, 0.25) is 0 Å². The van der Waals surface area contributed by atoms with E-state index in [2.05, 4.69) is 11.9 Å². The summed E-state index contributed by atoms with van der Waals surface area (Å²) in [6.07, 6.45) is 2.52. The molecule has 3 saturated carbocycles. The molecule has 0 spiro atoms. The number of ketones is 1. The van der Waals surface area contributed by atoms with Crippen LogP contribution in [0.4, 0.5) is 13.2 Å². The van der Waals surface area contributed by atoms with Gasteiger partial charge in [0, 0.05) is 35.9 Å². The SMILES string of the molecule is CCOc1cc2nc(C34CC(C)(C3)C4)cn2cc1CC(=O)c1cccc(C(F)(F)F)n1. The molecule has 0 amide bonds. The number of carbonyl (C=O) groups excluding carboxylic acids is 1. The third kappa shape index (κ3) is 3.28. The fourth-order valence-electron chi connectivity index (χ4n) is 5.32. The molecule has 0 saturated heterocycles. The Morgan fingerprint density at radius 3 is 2.58 bits per heavy atom. The van der Waals surface area contributed by atoms with Gasteiger partial charge in [0.2, 0.25) is 0 Å². The summed E-state index contributed by atoms with van der Waals surface area (Å²) in [5.41, 5.74) is 1.72. The zero-order valence-corrected chi connectivity index (χ0v) is 17.3. The van der Waals surface area contributed by atoms with E-state index < -0.39 is 17.7 Å². The van der Waals surface area contributed by atoms with Gasteiger partial charge in [0.05, 0.1) is 12.3 Å². The molecule has 5 nitrogen and oxygen atoms in total. The maximum absolute atomic E-state index is 13.0. The number of carbonyl (C=O) groups is 1. The number of alkyl halides is 3. The molecule has 3 aromatic heterocycles. The van der Waals surface area contributed by atoms with Crippen molar-refractivity contribution < 1.29 is 22.7 Å². The van der Waals surface area contributed by atoms with Crippen LogP contribution in [0.15, 0.2) is 36.7 Å². The minimum absolute atomic E-state index is 0.115. The number of aromatic nitrogens is 3. The molecule has 3 aliphatic carbocycles. The second kappa shape index (κ2) is 6.55. The number of fused-ring (bicyclic) bond motifs is 1. The van der Waals surface area contributed by atoms with Gasteiger partial charge in [-0.1, -0.05) is 13.0 Å². The number of imidazole rings is 1. The van der Waals surface area contributed by atoms with E-state index in [1.807, 2.05) is 17.5 Å². The van der Waals surface area contributed by atoms with Crippen molar-refractivity contribution in [3.63, 3.8) is 0 Å². The zero-order valence-electron chi connectivity index (χ0n) is 17.3. The Bertz CT molecular complexity index is 1180. The van der Waals surface area contributed by atoms with Crippen LogP contribution in [0.1, 0.15) is 60.5 Å². The molecule has 0 unspecified atom stereocenters. The van der Waals surface area contributed by atoms with E-state index in [0.717, 1.165) is 36.7 Å². The van der Waals surface area contributed by atoms with Gasteiger partial charge in [0.1, 0.15) is 22.8 Å². The van der Waals surface area contributed by atoms with E-state index in [1.165, 1.54) is 12.1 Å². The molecule has 6 rings (SSSR count). The lowest BCUT2D eigenvalue weighted by Crippen LogP contribution is -2.63. The third-order valence-electron chi connectivity index (χ3n) is 6.45. The Labute approximate surface area is 177 Å². The maximum atomic E-state index is 13.0. The van der Waals surface area contributed by atoms with Crippen LogP contribution in [-0.2, 0) is 18.0 Å². The summed E-state index contributed by atoms with van der Waals surface area (Å²) in [5, 5.41) is 0. The third-order valence-corrected chi connectivity index (χ3v) is 6.45. The van der Waals surface area contributed by atoms with Crippen molar-refractivity contribution in [1.82, 2.24) is 14.4 Å². The summed E-state index contributed by atoms with van der Waals surface area (Å²) in [5.74, 6) is 0.0103. The molecule has 162 valence electrons. The average Bonchev–Trinajstić information content (AvgIpc) is 3.07. The van der Waals surface area contributed by atoms with Crippen molar-refractivity contribution in [3.8, 4) is 5.75 Å². The van der Waals surface area contributed by atoms with Gasteiger partial charge in [0.25, 0.3) is 0 Å². The van der Waals surface area contributed by atoms with E-state index in [1.54, 1.807) is 12.3 Å². The number of nitrogens with zero attached hydrogens (tertiary/aromatic N) is 3. The standard InChI is InChI=1S/C23H22F3N3O2/c1-3-31-17-8-20-28-19(22-11-21(2,12-22)13-22)10-29(20)9-14(17)7-16(30)15-5-4-6-18(27-15)23(24,25)26/h4-6,8-10H,3,7,11-13H2,1-2H3. The summed E-state index contributed by atoms with van der Waals surface area (Å²) < 4.78 is 46.5. The lowest BCUT2D eigenvalue weighted by atomic mass is 9.35. The number of pyridine rings is 2. The smallest absolute Gasteiger partial charge is 0.433 e. The van der Waals surface area contributed by atoms with Crippen molar-refractivity contribution in [1.29, 1.82) is 0 Å². The Hall–Kier alpha value is -2.90. The van der Waals surface area contributed by atoms with Crippen molar-refractivity contribution in [2.45, 2.75) is 51.1 Å². The fourth-order valence-corrected chi connectivity index (χ4v) is 5.32. The van der Waals surface area contributed by atoms with E-state index in [9.17, 15) is 18.0 Å². The van der Waals surface area contributed by atoms with Gasteiger partial charge >= 0.3 is 6.18 Å². The molecule has 0 radical (unpaired) electrons. The van der Waals surface area contributed by atoms with Crippen molar-refractivity contribution >= 4 is 11.4 Å². The van der Waals surface area contributed by atoms with Crippen molar-refractivity contribution in [2.24, 2.45) is 5.41 Å². The highest BCUT2D eigenvalue weighted by Crippen LogP contribution is 2.73. The fraction of sp³-hybridized carbons (Fsp3) is 0.435. The monoisotopic (exact) mass is 429 g/mol. The summed E-state index contributed by atoms with van der Waals surface area (Å²) in [6.45, 7) is 4.53. The lowest BCUT2D eigenvalue weighted by Gasteiger charge is -2.69. The minimum Gasteiger partial charge on any atom is -0.493 e. The summed E-state index contributed by atoms with van der Waals surface area (Å²) in [4.78, 5) is 21.0. The van der Waals surface area contributed by atoms with Crippen LogP contribution in [0, 0.1) is 5.41 Å². The van der Waals surface area contributed by atoms with Crippen molar-refractivity contribution in [3.05, 3.63) is 59.3 Å². The largest absolute Gasteiger partial charge is 0.493 e. The number of rotatable bonds is 6. The van der Waals surface area contributed by atoms with Crippen LogP contribution < -0.4 is 4.74 Å². The van der Waals surface area contributed by atoms with E-state index in [4.69, 9.17) is 9.72 Å². The highest BCUT2D eigenvalue weighted by Gasteiger charge is 2.66. The van der Waals surface area contributed by atoms with Crippen LogP contribution in [0.3, 0.4) is 0 Å². The average molecular weight is 429 g/mol. The molecule has 8 heteroatoms. The highest BCUT2D eigenvalue weighted by atomic mass is 19.4. The van der Waals surface area contributed by atoms with E-state index in [0.29, 0.717) is 23.3 Å². The topological polar surface area (TPSA) is 56.5 Å². The summed E-state index contributed by atoms with van der Waals surface area (Å²) in [6, 6.07) is 5.15. The Balaban J connectivity index is 1.46. The first-order valence-corrected chi connectivity index (χ1v) is 10.3. The number of ether oxygens (including phenoxy) is 1. The molecular formula is C23H22F3N3O2. The summed E-state index contributed by atoms with van der Waals surface area (Å²) in [7, 11) is 0. The molecule has 3 fully saturated rings. The second-order valence-electron chi connectivity index (χ2n) is 9.11. The second-order valence-corrected chi connectivity index (χ2v) is 9.11. The minimum atomic E-state index is -4.60. The number of halogens is 3. The van der Waals surface area contributed by atoms with Gasteiger partial charge in [-0.05, 0) is 43.7 Å². The number of Topliss-reactive ketones (excluding diaryl/α,β-unsaturated/α-hetero) is 1. The first kappa shape index (κ1) is 20.0. The molecule has 3 heterocycles. The molecule has 3 aromatic rings. The predicted octanol–water partition coefficient (Wildman–Crippen LogP) is 5.01. The number of hydrogen-bond donors (Lipinski definition) is 0. The molecule has 0 aromatic carbocycles. The van der Waals surface area contributed by atoms with Crippen LogP contribution >= 0.6 is 0 Å². The molecule has 2 bridgehead atoms. The quantitative estimate of drug-likeness (QED) is 0.517. The van der Waals surface area contributed by atoms with Gasteiger partial charge in [0.15, 0.2) is 5.78 Å². The Morgan fingerprint density at radius 2 is 1.94 bits per heavy atom.